The Hall–Kier alpha value is -4.27. The third kappa shape index (κ3) is 10.2. The van der Waals surface area contributed by atoms with Crippen LogP contribution in [-0.2, 0) is 20.6 Å². The van der Waals surface area contributed by atoms with Crippen LogP contribution in [-0.4, -0.2) is 63.6 Å². The molecule has 3 aromatic carbocycles. The van der Waals surface area contributed by atoms with E-state index in [0.717, 1.165) is 12.8 Å². The average molecular weight is 622 g/mol. The molecule has 0 fully saturated rings. The predicted molar refractivity (Wildman–Crippen MR) is 170 cm³/mol. The number of hydrogen-bond acceptors (Lipinski definition) is 5. The van der Waals surface area contributed by atoms with Gasteiger partial charge in [-0.2, -0.15) is 0 Å². The highest BCUT2D eigenvalue weighted by atomic mass is 31.2. The second-order valence-electron chi connectivity index (χ2n) is 10.6. The fraction of sp³-hybridized carbons (Fsp3) is 0.333. The maximum Gasteiger partial charge on any atom is 0.304 e. The Kier molecular flexibility index (Phi) is 12.9. The van der Waals surface area contributed by atoms with Crippen LogP contribution in [0.1, 0.15) is 59.4 Å². The van der Waals surface area contributed by atoms with Crippen molar-refractivity contribution in [1.29, 1.82) is 0 Å². The number of carboxylic acid groups (broad SMARTS) is 1. The molecular weight excluding hydrogens is 581 g/mol. The largest absolute Gasteiger partial charge is 0.481 e. The predicted octanol–water partition coefficient (Wildman–Crippen LogP) is 5.25. The summed E-state index contributed by atoms with van der Waals surface area (Å²) in [6, 6.07) is 23.3. The van der Waals surface area contributed by atoms with E-state index in [9.17, 15) is 33.7 Å². The van der Waals surface area contributed by atoms with Gasteiger partial charge in [0.15, 0.2) is 0 Å². The van der Waals surface area contributed by atoms with E-state index in [4.69, 9.17) is 0 Å². The molecule has 0 aliphatic heterocycles. The number of nitrogens with one attached hydrogen (secondary N) is 2. The Labute approximate surface area is 257 Å². The van der Waals surface area contributed by atoms with E-state index < -0.39 is 49.4 Å². The summed E-state index contributed by atoms with van der Waals surface area (Å²) in [5.74, 6) is -5.58. The van der Waals surface area contributed by atoms with Gasteiger partial charge in [-0.3, -0.25) is 23.7 Å². The van der Waals surface area contributed by atoms with Gasteiger partial charge in [0, 0.05) is 42.5 Å². The summed E-state index contributed by atoms with van der Waals surface area (Å²) in [6.07, 6.45) is 0.179. The first-order valence-corrected chi connectivity index (χ1v) is 16.6. The molecule has 11 heteroatoms. The van der Waals surface area contributed by atoms with Crippen LogP contribution in [0.2, 0.25) is 0 Å². The molecule has 0 heterocycles. The molecule has 0 aromatic heterocycles. The Morgan fingerprint density at radius 3 is 2.02 bits per heavy atom. The summed E-state index contributed by atoms with van der Waals surface area (Å²) in [5.41, 5.74) is 1.53. The molecule has 0 spiro atoms. The highest BCUT2D eigenvalue weighted by molar-refractivity contribution is 7.58. The Morgan fingerprint density at radius 1 is 0.841 bits per heavy atom. The number of anilines is 1. The summed E-state index contributed by atoms with van der Waals surface area (Å²) < 4.78 is 13.9. The van der Waals surface area contributed by atoms with Crippen LogP contribution in [0.25, 0.3) is 0 Å². The molecule has 44 heavy (non-hydrogen) atoms. The average Bonchev–Trinajstić information content (AvgIpc) is 3.00. The smallest absolute Gasteiger partial charge is 0.304 e. The fourth-order valence-electron chi connectivity index (χ4n) is 4.86. The molecule has 3 unspecified atom stereocenters. The second kappa shape index (κ2) is 16.5. The minimum atomic E-state index is -4.41. The standard InChI is InChI=1S/C33H40N3O7P/c1-3-18-36(19-4-2)33(41)26-15-11-14-25(21-26)31(39)35-29(20-24-12-7-5-8-13-24)44(42,43)23-27(22-30(37)38)32(40)34-28-16-9-6-10-17-28/h5-17,21,27,29H,3-4,18-20,22-23H2,1-2H3,(H,34,40)(H,35,39)(H,37,38)(H,42,43). The zero-order chi connectivity index (χ0) is 32.1. The molecule has 0 radical (unpaired) electrons. The number of rotatable bonds is 16. The highest BCUT2D eigenvalue weighted by Gasteiger charge is 2.38. The quantitative estimate of drug-likeness (QED) is 0.159. The highest BCUT2D eigenvalue weighted by Crippen LogP contribution is 2.48. The van der Waals surface area contributed by atoms with Gasteiger partial charge in [0.25, 0.3) is 11.8 Å². The summed E-state index contributed by atoms with van der Waals surface area (Å²) in [4.78, 5) is 64.4. The van der Waals surface area contributed by atoms with E-state index in [0.29, 0.717) is 29.9 Å². The lowest BCUT2D eigenvalue weighted by Crippen LogP contribution is -2.39. The van der Waals surface area contributed by atoms with Crippen molar-refractivity contribution in [3.8, 4) is 0 Å². The Morgan fingerprint density at radius 2 is 1.43 bits per heavy atom. The summed E-state index contributed by atoms with van der Waals surface area (Å²) in [7, 11) is -4.41. The minimum absolute atomic E-state index is 0.0418. The number of carbonyl (C=O) groups excluding carboxylic acids is 3. The molecule has 3 aromatic rings. The van der Waals surface area contributed by atoms with Gasteiger partial charge in [0.1, 0.15) is 5.78 Å². The van der Waals surface area contributed by atoms with E-state index in [1.165, 1.54) is 12.1 Å². The van der Waals surface area contributed by atoms with E-state index in [1.807, 2.05) is 13.8 Å². The van der Waals surface area contributed by atoms with Crippen molar-refractivity contribution in [2.24, 2.45) is 5.92 Å². The van der Waals surface area contributed by atoms with Crippen LogP contribution in [0.4, 0.5) is 5.69 Å². The number of amides is 3. The molecule has 0 saturated carbocycles. The van der Waals surface area contributed by atoms with Crippen LogP contribution in [0.5, 0.6) is 0 Å². The molecule has 0 aliphatic rings. The number of benzene rings is 3. The molecule has 234 valence electrons. The number of carboxylic acids is 1. The molecule has 4 N–H and O–H groups in total. The van der Waals surface area contributed by atoms with Gasteiger partial charge in [-0.15, -0.1) is 0 Å². The molecular formula is C33H40N3O7P. The van der Waals surface area contributed by atoms with Crippen LogP contribution in [0.3, 0.4) is 0 Å². The number of hydrogen-bond donors (Lipinski definition) is 4. The molecule has 3 rings (SSSR count). The summed E-state index contributed by atoms with van der Waals surface area (Å²) in [5, 5.41) is 14.8. The normalized spacial score (nSPS) is 13.6. The number of aliphatic carboxylic acids is 1. The maximum absolute atomic E-state index is 13.9. The SMILES string of the molecule is CCCN(CCC)C(=O)c1cccc(C(=O)NC(Cc2ccccc2)P(=O)(O)CC(CC(=O)O)C(=O)Nc2ccccc2)c1. The van der Waals surface area contributed by atoms with E-state index in [2.05, 4.69) is 10.6 Å². The monoisotopic (exact) mass is 621 g/mol. The molecule has 3 amide bonds. The van der Waals surface area contributed by atoms with E-state index in [-0.39, 0.29) is 17.9 Å². The molecule has 0 bridgehead atoms. The van der Waals surface area contributed by atoms with Crippen LogP contribution in [0, 0.1) is 5.92 Å². The van der Waals surface area contributed by atoms with Gasteiger partial charge >= 0.3 is 5.97 Å². The first-order valence-electron chi connectivity index (χ1n) is 14.7. The van der Waals surface area contributed by atoms with Crippen molar-refractivity contribution >= 4 is 36.7 Å². The zero-order valence-corrected chi connectivity index (χ0v) is 25.9. The summed E-state index contributed by atoms with van der Waals surface area (Å²) in [6.45, 7) is 5.11. The first-order chi connectivity index (χ1) is 21.0. The van der Waals surface area contributed by atoms with Crippen LogP contribution >= 0.6 is 7.37 Å². The van der Waals surface area contributed by atoms with Gasteiger partial charge in [0.2, 0.25) is 13.3 Å². The van der Waals surface area contributed by atoms with Crippen LogP contribution in [0.15, 0.2) is 84.9 Å². The molecule has 10 nitrogen and oxygen atoms in total. The molecule has 3 atom stereocenters. The van der Waals surface area contributed by atoms with E-state index in [1.54, 1.807) is 77.7 Å². The lowest BCUT2D eigenvalue weighted by atomic mass is 10.1. The van der Waals surface area contributed by atoms with Crippen molar-refractivity contribution in [2.75, 3.05) is 24.6 Å². The fourth-order valence-corrected chi connectivity index (χ4v) is 6.85. The first kappa shape index (κ1) is 34.2. The third-order valence-corrected chi connectivity index (χ3v) is 9.27. The van der Waals surface area contributed by atoms with Crippen molar-refractivity contribution in [2.45, 2.75) is 45.3 Å². The van der Waals surface area contributed by atoms with Crippen molar-refractivity contribution in [1.82, 2.24) is 10.2 Å². The van der Waals surface area contributed by atoms with Gasteiger partial charge < -0.3 is 25.5 Å². The van der Waals surface area contributed by atoms with E-state index >= 15 is 0 Å². The molecule has 0 saturated heterocycles. The Balaban J connectivity index is 1.88. The lowest BCUT2D eigenvalue weighted by molar-refractivity contribution is -0.139. The van der Waals surface area contributed by atoms with Gasteiger partial charge in [-0.05, 0) is 48.7 Å². The van der Waals surface area contributed by atoms with Gasteiger partial charge in [-0.25, -0.2) is 0 Å². The number of nitrogens with zero attached hydrogens (tertiary/aromatic N) is 1. The number of carbonyl (C=O) groups is 4. The minimum Gasteiger partial charge on any atom is -0.481 e. The lowest BCUT2D eigenvalue weighted by Gasteiger charge is -2.27. The van der Waals surface area contributed by atoms with Gasteiger partial charge in [0.05, 0.1) is 12.3 Å². The topological polar surface area (TPSA) is 153 Å². The summed E-state index contributed by atoms with van der Waals surface area (Å²) >= 11 is 0. The van der Waals surface area contributed by atoms with Crippen LogP contribution < -0.4 is 10.6 Å². The van der Waals surface area contributed by atoms with Crippen molar-refractivity contribution < 1.29 is 33.7 Å². The molecule has 0 aliphatic carbocycles. The maximum atomic E-state index is 13.9. The third-order valence-electron chi connectivity index (χ3n) is 7.02. The zero-order valence-electron chi connectivity index (χ0n) is 25.0. The van der Waals surface area contributed by atoms with Gasteiger partial charge in [-0.1, -0.05) is 68.4 Å². The second-order valence-corrected chi connectivity index (χ2v) is 13.1. The van der Waals surface area contributed by atoms with Crippen molar-refractivity contribution in [3.05, 3.63) is 102 Å². The van der Waals surface area contributed by atoms with Crippen molar-refractivity contribution in [3.63, 3.8) is 0 Å². The number of para-hydroxylation sites is 1. The Bertz CT molecular complexity index is 1460.